The molecule has 0 unspecified atom stereocenters. The van der Waals surface area contributed by atoms with Gasteiger partial charge in [0.2, 0.25) is 0 Å². The molecule has 1 heterocycles. The summed E-state index contributed by atoms with van der Waals surface area (Å²) in [5, 5.41) is 3.43. The molecule has 0 amide bonds. The largest absolute Gasteiger partial charge is 0.312 e. The van der Waals surface area contributed by atoms with Crippen molar-refractivity contribution in [3.8, 4) is 0 Å². The smallest absolute Gasteiger partial charge is 0.0208 e. The van der Waals surface area contributed by atoms with Gasteiger partial charge in [-0.3, -0.25) is 0 Å². The highest BCUT2D eigenvalue weighted by Crippen LogP contribution is 2.30. The van der Waals surface area contributed by atoms with E-state index in [1.165, 1.54) is 44.1 Å². The summed E-state index contributed by atoms with van der Waals surface area (Å²) in [5.41, 5.74) is 4.66. The van der Waals surface area contributed by atoms with E-state index in [1.807, 2.05) is 0 Å². The lowest BCUT2D eigenvalue weighted by Crippen LogP contribution is -2.23. The van der Waals surface area contributed by atoms with E-state index in [9.17, 15) is 0 Å². The number of hydrogen-bond acceptors (Lipinski definition) is 1. The van der Waals surface area contributed by atoms with Crippen LogP contribution in [0.25, 0.3) is 0 Å². The van der Waals surface area contributed by atoms with Gasteiger partial charge in [0.25, 0.3) is 0 Å². The first kappa shape index (κ1) is 10.3. The Labute approximate surface area is 98.3 Å². The minimum Gasteiger partial charge on any atom is -0.312 e. The summed E-state index contributed by atoms with van der Waals surface area (Å²) in [7, 11) is 0. The summed E-state index contributed by atoms with van der Waals surface area (Å²) >= 11 is 0. The SMILES string of the molecule is c1cc2c(cc1CCC1CCC1)CCNC2. The molecule has 1 aliphatic heterocycles. The third-order valence-electron chi connectivity index (χ3n) is 4.22. The van der Waals surface area contributed by atoms with E-state index in [0.29, 0.717) is 0 Å². The van der Waals surface area contributed by atoms with Crippen molar-refractivity contribution >= 4 is 0 Å². The molecule has 0 bridgehead atoms. The Hall–Kier alpha value is -0.820. The van der Waals surface area contributed by atoms with Gasteiger partial charge in [-0.1, -0.05) is 37.5 Å². The molecule has 16 heavy (non-hydrogen) atoms. The van der Waals surface area contributed by atoms with Crippen molar-refractivity contribution in [1.82, 2.24) is 5.32 Å². The standard InChI is InChI=1S/C15H21N/c1-2-12(3-1)4-5-13-6-7-15-11-16-9-8-14(15)10-13/h6-7,10,12,16H,1-5,8-9,11H2. The van der Waals surface area contributed by atoms with Crippen LogP contribution in [0.1, 0.15) is 42.4 Å². The molecule has 1 aliphatic carbocycles. The third kappa shape index (κ3) is 2.15. The molecular formula is C15H21N. The van der Waals surface area contributed by atoms with E-state index in [1.54, 1.807) is 11.1 Å². The summed E-state index contributed by atoms with van der Waals surface area (Å²) in [5.74, 6) is 1.04. The Morgan fingerprint density at radius 2 is 2.12 bits per heavy atom. The number of aryl methyl sites for hydroxylation is 1. The van der Waals surface area contributed by atoms with Crippen LogP contribution < -0.4 is 5.32 Å². The van der Waals surface area contributed by atoms with E-state index in [4.69, 9.17) is 0 Å². The van der Waals surface area contributed by atoms with E-state index in [2.05, 4.69) is 23.5 Å². The van der Waals surface area contributed by atoms with Gasteiger partial charge in [-0.15, -0.1) is 0 Å². The number of nitrogens with one attached hydrogen (secondary N) is 1. The Morgan fingerprint density at radius 1 is 1.19 bits per heavy atom. The maximum absolute atomic E-state index is 3.43. The van der Waals surface area contributed by atoms with Gasteiger partial charge in [0.1, 0.15) is 0 Å². The highest BCUT2D eigenvalue weighted by atomic mass is 14.9. The zero-order chi connectivity index (χ0) is 10.8. The molecule has 1 saturated carbocycles. The van der Waals surface area contributed by atoms with Crippen LogP contribution in [-0.2, 0) is 19.4 Å². The quantitative estimate of drug-likeness (QED) is 0.817. The van der Waals surface area contributed by atoms with Gasteiger partial charge in [0.15, 0.2) is 0 Å². The summed E-state index contributed by atoms with van der Waals surface area (Å²) in [6.45, 7) is 2.22. The summed E-state index contributed by atoms with van der Waals surface area (Å²) in [4.78, 5) is 0. The number of benzene rings is 1. The minimum atomic E-state index is 1.04. The van der Waals surface area contributed by atoms with Crippen LogP contribution in [0.2, 0.25) is 0 Å². The molecule has 0 radical (unpaired) electrons. The molecule has 0 spiro atoms. The molecule has 1 aromatic rings. The molecule has 86 valence electrons. The van der Waals surface area contributed by atoms with Crippen LogP contribution >= 0.6 is 0 Å². The van der Waals surface area contributed by atoms with Gasteiger partial charge in [-0.05, 0) is 48.4 Å². The molecule has 0 saturated heterocycles. The first-order chi connectivity index (χ1) is 7.92. The lowest BCUT2D eigenvalue weighted by atomic mass is 9.81. The predicted molar refractivity (Wildman–Crippen MR) is 67.5 cm³/mol. The van der Waals surface area contributed by atoms with Crippen molar-refractivity contribution in [2.75, 3.05) is 6.54 Å². The van der Waals surface area contributed by atoms with Gasteiger partial charge in [-0.2, -0.15) is 0 Å². The number of hydrogen-bond donors (Lipinski definition) is 1. The first-order valence-corrected chi connectivity index (χ1v) is 6.73. The fourth-order valence-electron chi connectivity index (χ4n) is 2.84. The molecule has 1 fully saturated rings. The lowest BCUT2D eigenvalue weighted by Gasteiger charge is -2.25. The Balaban J connectivity index is 1.65. The maximum atomic E-state index is 3.43. The van der Waals surface area contributed by atoms with E-state index in [-0.39, 0.29) is 0 Å². The second kappa shape index (κ2) is 4.58. The van der Waals surface area contributed by atoms with Crippen molar-refractivity contribution in [1.29, 1.82) is 0 Å². The zero-order valence-electron chi connectivity index (χ0n) is 9.97. The van der Waals surface area contributed by atoms with Gasteiger partial charge in [0, 0.05) is 6.54 Å². The fraction of sp³-hybridized carbons (Fsp3) is 0.600. The minimum absolute atomic E-state index is 1.04. The molecule has 1 heteroatoms. The van der Waals surface area contributed by atoms with Crippen LogP contribution in [0.3, 0.4) is 0 Å². The van der Waals surface area contributed by atoms with Crippen LogP contribution in [-0.4, -0.2) is 6.54 Å². The highest BCUT2D eigenvalue weighted by molar-refractivity contribution is 5.33. The maximum Gasteiger partial charge on any atom is 0.0208 e. The summed E-state index contributed by atoms with van der Waals surface area (Å²) in [6.07, 6.45) is 8.36. The molecular weight excluding hydrogens is 194 g/mol. The molecule has 1 nitrogen and oxygen atoms in total. The molecule has 3 rings (SSSR count). The topological polar surface area (TPSA) is 12.0 Å². The van der Waals surface area contributed by atoms with Crippen LogP contribution in [0.15, 0.2) is 18.2 Å². The highest BCUT2D eigenvalue weighted by Gasteiger charge is 2.17. The second-order valence-electron chi connectivity index (χ2n) is 5.37. The average Bonchev–Trinajstić information content (AvgIpc) is 2.27. The van der Waals surface area contributed by atoms with Crippen molar-refractivity contribution < 1.29 is 0 Å². The van der Waals surface area contributed by atoms with Crippen LogP contribution in [0, 0.1) is 5.92 Å². The van der Waals surface area contributed by atoms with E-state index < -0.39 is 0 Å². The monoisotopic (exact) mass is 215 g/mol. The summed E-state index contributed by atoms with van der Waals surface area (Å²) < 4.78 is 0. The van der Waals surface area contributed by atoms with E-state index in [0.717, 1.165) is 19.0 Å². The molecule has 0 atom stereocenters. The third-order valence-corrected chi connectivity index (χ3v) is 4.22. The Bertz CT molecular complexity index is 366. The fourth-order valence-corrected chi connectivity index (χ4v) is 2.84. The zero-order valence-corrected chi connectivity index (χ0v) is 9.97. The number of fused-ring (bicyclic) bond motifs is 1. The molecule has 1 aromatic carbocycles. The lowest BCUT2D eigenvalue weighted by molar-refractivity contribution is 0.296. The van der Waals surface area contributed by atoms with Crippen LogP contribution in [0.5, 0.6) is 0 Å². The van der Waals surface area contributed by atoms with Crippen molar-refractivity contribution in [3.05, 3.63) is 34.9 Å². The van der Waals surface area contributed by atoms with Gasteiger partial charge < -0.3 is 5.32 Å². The predicted octanol–water partition coefficient (Wildman–Crippen LogP) is 3.07. The van der Waals surface area contributed by atoms with E-state index >= 15 is 0 Å². The second-order valence-corrected chi connectivity index (χ2v) is 5.37. The molecule has 2 aliphatic rings. The van der Waals surface area contributed by atoms with Gasteiger partial charge >= 0.3 is 0 Å². The molecule has 0 aromatic heterocycles. The Kier molecular flexibility index (Phi) is 2.96. The first-order valence-electron chi connectivity index (χ1n) is 6.73. The van der Waals surface area contributed by atoms with Gasteiger partial charge in [0.05, 0.1) is 0 Å². The van der Waals surface area contributed by atoms with Gasteiger partial charge in [-0.25, -0.2) is 0 Å². The van der Waals surface area contributed by atoms with Crippen molar-refractivity contribution in [3.63, 3.8) is 0 Å². The molecule has 1 N–H and O–H groups in total. The number of rotatable bonds is 3. The normalized spacial score (nSPS) is 20.2. The summed E-state index contributed by atoms with van der Waals surface area (Å²) in [6, 6.07) is 7.12. The van der Waals surface area contributed by atoms with Crippen LogP contribution in [0.4, 0.5) is 0 Å². The van der Waals surface area contributed by atoms with Crippen molar-refractivity contribution in [2.24, 2.45) is 5.92 Å². The van der Waals surface area contributed by atoms with Crippen molar-refractivity contribution in [2.45, 2.75) is 45.1 Å². The Morgan fingerprint density at radius 3 is 2.94 bits per heavy atom. The average molecular weight is 215 g/mol.